The highest BCUT2D eigenvalue weighted by molar-refractivity contribution is 5.86. The standard InChI is InChI=1S/C25H29NO2/c1-25(2,3)21-12-14-22(15-13-21)28-18-17-26-24(27)16-11-20-9-6-8-19-7-4-5-10-23(19)20/h4-10,12-15H,11,16-18H2,1-3H3,(H,26,27). The fourth-order valence-electron chi connectivity index (χ4n) is 3.26. The average molecular weight is 376 g/mol. The Morgan fingerprint density at radius 1 is 0.929 bits per heavy atom. The summed E-state index contributed by atoms with van der Waals surface area (Å²) < 4.78 is 5.73. The van der Waals surface area contributed by atoms with Gasteiger partial charge in [-0.15, -0.1) is 0 Å². The maximum Gasteiger partial charge on any atom is 0.220 e. The molecule has 3 heteroatoms. The van der Waals surface area contributed by atoms with Gasteiger partial charge in [-0.25, -0.2) is 0 Å². The van der Waals surface area contributed by atoms with Crippen molar-refractivity contribution in [1.29, 1.82) is 0 Å². The summed E-state index contributed by atoms with van der Waals surface area (Å²) >= 11 is 0. The maximum absolute atomic E-state index is 12.2. The molecule has 0 heterocycles. The molecule has 146 valence electrons. The SMILES string of the molecule is CC(C)(C)c1ccc(OCCNC(=O)CCc2cccc3ccccc23)cc1. The second-order valence-electron chi connectivity index (χ2n) is 8.11. The summed E-state index contributed by atoms with van der Waals surface area (Å²) in [6.45, 7) is 7.55. The third kappa shape index (κ3) is 5.35. The zero-order valence-corrected chi connectivity index (χ0v) is 17.0. The van der Waals surface area contributed by atoms with Crippen LogP contribution < -0.4 is 10.1 Å². The zero-order chi connectivity index (χ0) is 20.0. The van der Waals surface area contributed by atoms with Crippen LogP contribution in [0.4, 0.5) is 0 Å². The molecule has 3 aromatic rings. The first kappa shape index (κ1) is 19.9. The van der Waals surface area contributed by atoms with Crippen LogP contribution >= 0.6 is 0 Å². The molecule has 0 radical (unpaired) electrons. The van der Waals surface area contributed by atoms with E-state index in [1.165, 1.54) is 21.9 Å². The van der Waals surface area contributed by atoms with Crippen molar-refractivity contribution in [2.45, 2.75) is 39.0 Å². The molecule has 0 spiro atoms. The van der Waals surface area contributed by atoms with Gasteiger partial charge in [0.15, 0.2) is 0 Å². The number of carbonyl (C=O) groups is 1. The first-order valence-electron chi connectivity index (χ1n) is 9.90. The molecule has 28 heavy (non-hydrogen) atoms. The van der Waals surface area contributed by atoms with Crippen LogP contribution in [0.15, 0.2) is 66.7 Å². The molecular formula is C25H29NO2. The van der Waals surface area contributed by atoms with Crippen molar-refractivity contribution in [2.24, 2.45) is 0 Å². The summed E-state index contributed by atoms with van der Waals surface area (Å²) in [5.74, 6) is 0.887. The van der Waals surface area contributed by atoms with E-state index in [1.807, 2.05) is 30.3 Å². The van der Waals surface area contributed by atoms with E-state index in [0.717, 1.165) is 12.2 Å². The fraction of sp³-hybridized carbons (Fsp3) is 0.320. The van der Waals surface area contributed by atoms with Gasteiger partial charge in [0.2, 0.25) is 5.91 Å². The van der Waals surface area contributed by atoms with E-state index in [4.69, 9.17) is 4.74 Å². The molecule has 1 amide bonds. The third-order valence-corrected chi connectivity index (χ3v) is 4.91. The number of ether oxygens (including phenoxy) is 1. The average Bonchev–Trinajstić information content (AvgIpc) is 2.69. The van der Waals surface area contributed by atoms with Gasteiger partial charge in [0.1, 0.15) is 12.4 Å². The van der Waals surface area contributed by atoms with E-state index in [-0.39, 0.29) is 11.3 Å². The van der Waals surface area contributed by atoms with E-state index < -0.39 is 0 Å². The molecule has 0 unspecified atom stereocenters. The fourth-order valence-corrected chi connectivity index (χ4v) is 3.26. The second kappa shape index (κ2) is 8.92. The minimum Gasteiger partial charge on any atom is -0.492 e. The lowest BCUT2D eigenvalue weighted by Gasteiger charge is -2.19. The Bertz CT molecular complexity index is 918. The van der Waals surface area contributed by atoms with Crippen molar-refractivity contribution in [3.8, 4) is 5.75 Å². The molecule has 0 fully saturated rings. The number of aryl methyl sites for hydroxylation is 1. The van der Waals surface area contributed by atoms with Crippen molar-refractivity contribution in [3.63, 3.8) is 0 Å². The van der Waals surface area contributed by atoms with E-state index in [9.17, 15) is 4.79 Å². The summed E-state index contributed by atoms with van der Waals surface area (Å²) in [5.41, 5.74) is 2.63. The summed E-state index contributed by atoms with van der Waals surface area (Å²) in [5, 5.41) is 5.38. The smallest absolute Gasteiger partial charge is 0.220 e. The van der Waals surface area contributed by atoms with Gasteiger partial charge in [-0.05, 0) is 45.9 Å². The number of nitrogens with one attached hydrogen (secondary N) is 1. The van der Waals surface area contributed by atoms with Gasteiger partial charge in [-0.2, -0.15) is 0 Å². The Morgan fingerprint density at radius 2 is 1.64 bits per heavy atom. The van der Waals surface area contributed by atoms with Gasteiger partial charge in [0.05, 0.1) is 6.54 Å². The van der Waals surface area contributed by atoms with E-state index >= 15 is 0 Å². The zero-order valence-electron chi connectivity index (χ0n) is 17.0. The molecule has 3 aromatic carbocycles. The summed E-state index contributed by atoms with van der Waals surface area (Å²) in [4.78, 5) is 12.2. The summed E-state index contributed by atoms with van der Waals surface area (Å²) in [7, 11) is 0. The largest absolute Gasteiger partial charge is 0.492 e. The van der Waals surface area contributed by atoms with Crippen LogP contribution in [-0.4, -0.2) is 19.1 Å². The summed E-state index contributed by atoms with van der Waals surface area (Å²) in [6, 6.07) is 22.7. The van der Waals surface area contributed by atoms with Gasteiger partial charge < -0.3 is 10.1 Å². The van der Waals surface area contributed by atoms with Gasteiger partial charge >= 0.3 is 0 Å². The number of carbonyl (C=O) groups excluding carboxylic acids is 1. The maximum atomic E-state index is 12.2. The monoisotopic (exact) mass is 375 g/mol. The molecule has 0 aromatic heterocycles. The Labute approximate surface area is 167 Å². The van der Waals surface area contributed by atoms with Crippen LogP contribution in [0.3, 0.4) is 0 Å². The lowest BCUT2D eigenvalue weighted by atomic mass is 9.87. The highest BCUT2D eigenvalue weighted by Gasteiger charge is 2.13. The van der Waals surface area contributed by atoms with Gasteiger partial charge in [-0.1, -0.05) is 75.4 Å². The molecule has 0 bridgehead atoms. The predicted octanol–water partition coefficient (Wildman–Crippen LogP) is 5.27. The number of fused-ring (bicyclic) bond motifs is 1. The highest BCUT2D eigenvalue weighted by atomic mass is 16.5. The predicted molar refractivity (Wildman–Crippen MR) is 116 cm³/mol. The van der Waals surface area contributed by atoms with Crippen LogP contribution in [0.5, 0.6) is 5.75 Å². The Kier molecular flexibility index (Phi) is 6.35. The van der Waals surface area contributed by atoms with Crippen LogP contribution in [0.2, 0.25) is 0 Å². The van der Waals surface area contributed by atoms with Crippen molar-refractivity contribution >= 4 is 16.7 Å². The molecule has 0 aliphatic carbocycles. The molecule has 0 saturated carbocycles. The van der Waals surface area contributed by atoms with Gasteiger partial charge in [0, 0.05) is 6.42 Å². The molecule has 0 aliphatic rings. The first-order chi connectivity index (χ1) is 13.4. The van der Waals surface area contributed by atoms with Crippen LogP contribution in [0, 0.1) is 0 Å². The molecule has 0 aliphatic heterocycles. The first-order valence-corrected chi connectivity index (χ1v) is 9.90. The quantitative estimate of drug-likeness (QED) is 0.572. The lowest BCUT2D eigenvalue weighted by molar-refractivity contribution is -0.121. The number of hydrogen-bond donors (Lipinski definition) is 1. The van der Waals surface area contributed by atoms with Crippen LogP contribution in [0.1, 0.15) is 38.3 Å². The number of hydrogen-bond acceptors (Lipinski definition) is 2. The van der Waals surface area contributed by atoms with Crippen molar-refractivity contribution in [2.75, 3.05) is 13.2 Å². The third-order valence-electron chi connectivity index (χ3n) is 4.91. The number of benzene rings is 3. The molecule has 1 N–H and O–H groups in total. The van der Waals surface area contributed by atoms with Crippen LogP contribution in [0.25, 0.3) is 10.8 Å². The van der Waals surface area contributed by atoms with Crippen LogP contribution in [-0.2, 0) is 16.6 Å². The minimum absolute atomic E-state index is 0.0552. The Balaban J connectivity index is 1.41. The second-order valence-corrected chi connectivity index (χ2v) is 8.11. The normalized spacial score (nSPS) is 11.4. The molecule has 0 saturated heterocycles. The van der Waals surface area contributed by atoms with Gasteiger partial charge in [-0.3, -0.25) is 4.79 Å². The molecule has 3 rings (SSSR count). The number of rotatable bonds is 7. The Hall–Kier alpha value is -2.81. The van der Waals surface area contributed by atoms with E-state index in [1.54, 1.807) is 0 Å². The topological polar surface area (TPSA) is 38.3 Å². The van der Waals surface area contributed by atoms with Crippen molar-refractivity contribution < 1.29 is 9.53 Å². The molecular weight excluding hydrogens is 346 g/mol. The van der Waals surface area contributed by atoms with Crippen molar-refractivity contribution in [3.05, 3.63) is 77.9 Å². The molecule has 0 atom stereocenters. The minimum atomic E-state index is 0.0552. The van der Waals surface area contributed by atoms with Gasteiger partial charge in [0.25, 0.3) is 0 Å². The molecule has 3 nitrogen and oxygen atoms in total. The number of amides is 1. The van der Waals surface area contributed by atoms with E-state index in [2.05, 4.69) is 62.5 Å². The van der Waals surface area contributed by atoms with E-state index in [0.29, 0.717) is 19.6 Å². The Morgan fingerprint density at radius 3 is 2.39 bits per heavy atom. The lowest BCUT2D eigenvalue weighted by Crippen LogP contribution is -2.28. The highest BCUT2D eigenvalue weighted by Crippen LogP contribution is 2.24. The summed E-state index contributed by atoms with van der Waals surface area (Å²) in [6.07, 6.45) is 1.22. The van der Waals surface area contributed by atoms with Crippen molar-refractivity contribution in [1.82, 2.24) is 5.32 Å².